The zero-order valence-corrected chi connectivity index (χ0v) is 27.9. The first kappa shape index (κ1) is 29.1. The molecule has 2 heterocycles. The van der Waals surface area contributed by atoms with E-state index >= 15 is 0 Å². The first-order valence-electron chi connectivity index (χ1n) is 16.9. The maximum Gasteiger partial charge on any atom is 0.159 e. The predicted octanol–water partition coefficient (Wildman–Crippen LogP) is 13.1. The molecule has 0 spiro atoms. The number of fused-ring (bicyclic) bond motifs is 6. The summed E-state index contributed by atoms with van der Waals surface area (Å²) < 4.78 is 8.93. The number of rotatable bonds is 5. The highest BCUT2D eigenvalue weighted by Gasteiger charge is 2.21. The van der Waals surface area contributed by atoms with Gasteiger partial charge in [-0.1, -0.05) is 112 Å². The smallest absolute Gasteiger partial charge is 0.159 e. The number of hydrogen-bond donors (Lipinski definition) is 0. The molecule has 0 saturated heterocycles. The molecule has 0 saturated carbocycles. The van der Waals surface area contributed by atoms with Crippen LogP contribution < -0.4 is 4.90 Å². The lowest BCUT2D eigenvalue weighted by atomic mass is 9.86. The summed E-state index contributed by atoms with van der Waals surface area (Å²) in [6.45, 7) is 6.85. The van der Waals surface area contributed by atoms with E-state index in [1.165, 1.54) is 38.6 Å². The average Bonchev–Trinajstić information content (AvgIpc) is 3.68. The Morgan fingerprint density at radius 3 is 1.92 bits per heavy atom. The summed E-state index contributed by atoms with van der Waals surface area (Å²) in [5, 5.41) is 4.75. The van der Waals surface area contributed by atoms with Crippen LogP contribution >= 0.6 is 0 Å². The first-order chi connectivity index (χ1) is 23.9. The third-order valence-corrected chi connectivity index (χ3v) is 9.72. The number of hydrogen-bond acceptors (Lipinski definition) is 2. The van der Waals surface area contributed by atoms with Crippen LogP contribution in [0.15, 0.2) is 168 Å². The van der Waals surface area contributed by atoms with E-state index in [9.17, 15) is 0 Å². The molecular formula is C46H36N2O. The van der Waals surface area contributed by atoms with Crippen molar-refractivity contribution in [2.24, 2.45) is 0 Å². The topological polar surface area (TPSA) is 21.3 Å². The lowest BCUT2D eigenvalue weighted by molar-refractivity contribution is 0.591. The molecule has 0 N–H and O–H groups in total. The van der Waals surface area contributed by atoms with Crippen LogP contribution in [0.25, 0.3) is 60.6 Å². The minimum absolute atomic E-state index is 0.0465. The Hall–Kier alpha value is -6.06. The number of nitrogens with zero attached hydrogens (tertiary/aromatic N) is 2. The van der Waals surface area contributed by atoms with Gasteiger partial charge in [-0.15, -0.1) is 0 Å². The largest absolute Gasteiger partial charge is 0.454 e. The second-order valence-corrected chi connectivity index (χ2v) is 13.9. The van der Waals surface area contributed by atoms with Crippen LogP contribution in [0.1, 0.15) is 26.3 Å². The molecule has 9 aromatic rings. The lowest BCUT2D eigenvalue weighted by Gasteiger charge is -2.26. The van der Waals surface area contributed by atoms with Crippen LogP contribution in [0.2, 0.25) is 0 Å². The highest BCUT2D eigenvalue weighted by molar-refractivity contribution is 6.12. The predicted molar refractivity (Wildman–Crippen MR) is 207 cm³/mol. The van der Waals surface area contributed by atoms with Crippen LogP contribution in [0.5, 0.6) is 0 Å². The molecule has 0 amide bonds. The van der Waals surface area contributed by atoms with Gasteiger partial charge in [0.15, 0.2) is 5.58 Å². The summed E-state index contributed by atoms with van der Waals surface area (Å²) in [5.74, 6) is 0. The highest BCUT2D eigenvalue weighted by Crippen LogP contribution is 2.43. The van der Waals surface area contributed by atoms with E-state index in [0.29, 0.717) is 0 Å². The van der Waals surface area contributed by atoms with E-state index in [2.05, 4.69) is 182 Å². The molecule has 0 aliphatic heterocycles. The average molecular weight is 633 g/mol. The molecule has 0 atom stereocenters. The molecule has 0 aliphatic carbocycles. The summed E-state index contributed by atoms with van der Waals surface area (Å²) in [5.41, 5.74) is 12.2. The number of anilines is 3. The molecule has 0 aliphatic rings. The summed E-state index contributed by atoms with van der Waals surface area (Å²) in [6, 6.07) is 58.7. The van der Waals surface area contributed by atoms with Gasteiger partial charge in [-0.3, -0.25) is 0 Å². The maximum absolute atomic E-state index is 6.54. The first-order valence-corrected chi connectivity index (χ1v) is 16.9. The monoisotopic (exact) mass is 632 g/mol. The van der Waals surface area contributed by atoms with Crippen LogP contribution in [-0.2, 0) is 5.41 Å². The second kappa shape index (κ2) is 11.3. The number of benzene rings is 7. The fourth-order valence-electron chi connectivity index (χ4n) is 7.26. The highest BCUT2D eigenvalue weighted by atomic mass is 16.3. The summed E-state index contributed by atoms with van der Waals surface area (Å²) in [7, 11) is 0. The van der Waals surface area contributed by atoms with Crippen LogP contribution in [0.3, 0.4) is 0 Å². The molecule has 0 radical (unpaired) electrons. The molecule has 0 unspecified atom stereocenters. The van der Waals surface area contributed by atoms with Crippen LogP contribution in [0, 0.1) is 0 Å². The normalized spacial score (nSPS) is 12.0. The van der Waals surface area contributed by atoms with E-state index in [1.807, 2.05) is 12.1 Å². The van der Waals surface area contributed by atoms with Crippen molar-refractivity contribution in [2.75, 3.05) is 4.90 Å². The summed E-state index contributed by atoms with van der Waals surface area (Å²) in [6.07, 6.45) is 0. The Bertz CT molecular complexity index is 2640. The van der Waals surface area contributed by atoms with E-state index in [4.69, 9.17) is 4.42 Å². The van der Waals surface area contributed by atoms with Gasteiger partial charge in [0, 0.05) is 38.6 Å². The second-order valence-electron chi connectivity index (χ2n) is 13.9. The van der Waals surface area contributed by atoms with Gasteiger partial charge in [-0.25, -0.2) is 0 Å². The van der Waals surface area contributed by atoms with Crippen molar-refractivity contribution in [3.63, 3.8) is 0 Å². The number of para-hydroxylation sites is 4. The molecule has 236 valence electrons. The minimum atomic E-state index is 0.0465. The number of aromatic nitrogens is 1. The van der Waals surface area contributed by atoms with Gasteiger partial charge in [0.2, 0.25) is 0 Å². The van der Waals surface area contributed by atoms with Gasteiger partial charge in [-0.2, -0.15) is 0 Å². The fraction of sp³-hybridized carbons (Fsp3) is 0.0870. The van der Waals surface area contributed by atoms with E-state index in [0.717, 1.165) is 44.6 Å². The molecule has 0 fully saturated rings. The Labute approximate surface area is 286 Å². The van der Waals surface area contributed by atoms with E-state index in [-0.39, 0.29) is 5.41 Å². The van der Waals surface area contributed by atoms with Gasteiger partial charge in [0.1, 0.15) is 5.58 Å². The van der Waals surface area contributed by atoms with Crippen molar-refractivity contribution in [3.8, 4) is 16.8 Å². The molecule has 7 aromatic carbocycles. The molecule has 49 heavy (non-hydrogen) atoms. The summed E-state index contributed by atoms with van der Waals surface area (Å²) in [4.78, 5) is 2.31. The molecule has 3 nitrogen and oxygen atoms in total. The minimum Gasteiger partial charge on any atom is -0.454 e. The Morgan fingerprint density at radius 2 is 1.12 bits per heavy atom. The molecule has 2 aromatic heterocycles. The Kier molecular flexibility index (Phi) is 6.70. The van der Waals surface area contributed by atoms with Crippen molar-refractivity contribution in [2.45, 2.75) is 26.2 Å². The summed E-state index contributed by atoms with van der Waals surface area (Å²) >= 11 is 0. The molecule has 3 heteroatoms. The van der Waals surface area contributed by atoms with Crippen molar-refractivity contribution >= 4 is 60.8 Å². The zero-order valence-electron chi connectivity index (χ0n) is 27.9. The van der Waals surface area contributed by atoms with Gasteiger partial charge in [-0.05, 0) is 94.9 Å². The van der Waals surface area contributed by atoms with Crippen molar-refractivity contribution < 1.29 is 4.42 Å². The molecule has 9 rings (SSSR count). The third-order valence-electron chi connectivity index (χ3n) is 9.72. The van der Waals surface area contributed by atoms with Gasteiger partial charge in [0.25, 0.3) is 0 Å². The third kappa shape index (κ3) is 4.89. The number of furan rings is 1. The van der Waals surface area contributed by atoms with Crippen molar-refractivity contribution in [1.82, 2.24) is 4.57 Å². The van der Waals surface area contributed by atoms with Crippen molar-refractivity contribution in [3.05, 3.63) is 169 Å². The fourth-order valence-corrected chi connectivity index (χ4v) is 7.26. The Balaban J connectivity index is 1.24. The van der Waals surface area contributed by atoms with E-state index < -0.39 is 0 Å². The SMILES string of the molecule is CC(C)(C)c1ccc2c(c1)c1cc(-c3cccc(N(c4ccccc4)c4cccc5c4oc4ccccc45)c3)ccc1n2-c1ccccc1. The van der Waals surface area contributed by atoms with Crippen LogP contribution in [0.4, 0.5) is 17.1 Å². The molecular weight excluding hydrogens is 597 g/mol. The van der Waals surface area contributed by atoms with Gasteiger partial charge < -0.3 is 13.9 Å². The maximum atomic E-state index is 6.54. The van der Waals surface area contributed by atoms with Crippen LogP contribution in [-0.4, -0.2) is 4.57 Å². The van der Waals surface area contributed by atoms with E-state index in [1.54, 1.807) is 0 Å². The standard InChI is InChI=1S/C46H36N2O/c1-46(2,3)33-25-27-42-40(30-33)39-29-32(24-26-41(39)48(42)35-17-8-5-9-18-35)31-14-12-19-36(28-31)47(34-15-6-4-7-16-34)43-22-13-21-38-37-20-10-11-23-44(37)49-45(38)43/h4-30H,1-3H3. The molecule has 0 bridgehead atoms. The lowest BCUT2D eigenvalue weighted by Crippen LogP contribution is -2.10. The Morgan fingerprint density at radius 1 is 0.490 bits per heavy atom. The zero-order chi connectivity index (χ0) is 33.1. The quantitative estimate of drug-likeness (QED) is 0.188. The van der Waals surface area contributed by atoms with Crippen molar-refractivity contribution in [1.29, 1.82) is 0 Å². The van der Waals surface area contributed by atoms with Gasteiger partial charge >= 0.3 is 0 Å². The van der Waals surface area contributed by atoms with Gasteiger partial charge in [0.05, 0.1) is 16.7 Å².